The standard InChI is InChI=1S/C16H24N2O6S/c1-11-12(9-13(24-11)25(22,23)18(2)3)14(19)17-10-16(15(20)21)7-5-4-6-8-16/h9H,4-8,10H2,1-3H3,(H,17,19)(H,20,21). The van der Waals surface area contributed by atoms with E-state index in [0.717, 1.165) is 23.6 Å². The van der Waals surface area contributed by atoms with Gasteiger partial charge in [0.15, 0.2) is 0 Å². The molecular formula is C16H24N2O6S. The minimum Gasteiger partial charge on any atom is -0.481 e. The van der Waals surface area contributed by atoms with E-state index >= 15 is 0 Å². The molecule has 0 saturated heterocycles. The van der Waals surface area contributed by atoms with Crippen molar-refractivity contribution < 1.29 is 27.5 Å². The van der Waals surface area contributed by atoms with Crippen molar-refractivity contribution in [1.29, 1.82) is 0 Å². The zero-order valence-electron chi connectivity index (χ0n) is 14.7. The number of carbonyl (C=O) groups is 2. The van der Waals surface area contributed by atoms with Crippen LogP contribution in [-0.2, 0) is 14.8 Å². The first-order chi connectivity index (χ1) is 11.6. The molecule has 0 bridgehead atoms. The van der Waals surface area contributed by atoms with E-state index in [0.29, 0.717) is 12.8 Å². The lowest BCUT2D eigenvalue weighted by Crippen LogP contribution is -2.44. The van der Waals surface area contributed by atoms with Gasteiger partial charge in [0.25, 0.3) is 15.9 Å². The van der Waals surface area contributed by atoms with Crippen LogP contribution in [0.5, 0.6) is 0 Å². The molecule has 1 aliphatic rings. The number of carboxylic acid groups (broad SMARTS) is 1. The Bertz CT molecular complexity index is 760. The summed E-state index contributed by atoms with van der Waals surface area (Å²) in [5.74, 6) is -1.27. The summed E-state index contributed by atoms with van der Waals surface area (Å²) in [6, 6.07) is 1.17. The molecule has 1 aromatic heterocycles. The van der Waals surface area contributed by atoms with Crippen molar-refractivity contribution in [1.82, 2.24) is 9.62 Å². The second kappa shape index (κ2) is 7.17. The van der Waals surface area contributed by atoms with Gasteiger partial charge in [0.05, 0.1) is 11.0 Å². The Kier molecular flexibility index (Phi) is 5.58. The number of nitrogens with zero attached hydrogens (tertiary/aromatic N) is 1. The smallest absolute Gasteiger partial charge is 0.311 e. The number of hydrogen-bond donors (Lipinski definition) is 2. The number of rotatable bonds is 6. The summed E-state index contributed by atoms with van der Waals surface area (Å²) < 4.78 is 30.4. The van der Waals surface area contributed by atoms with Gasteiger partial charge in [-0.15, -0.1) is 0 Å². The Morgan fingerprint density at radius 3 is 2.40 bits per heavy atom. The SMILES string of the molecule is Cc1oc(S(=O)(=O)N(C)C)cc1C(=O)NCC1(C(=O)O)CCCCC1. The molecular weight excluding hydrogens is 348 g/mol. The lowest BCUT2D eigenvalue weighted by molar-refractivity contribution is -0.150. The number of amides is 1. The van der Waals surface area contributed by atoms with E-state index in [2.05, 4.69) is 5.32 Å². The summed E-state index contributed by atoms with van der Waals surface area (Å²) in [5.41, 5.74) is -0.860. The quantitative estimate of drug-likeness (QED) is 0.783. The Hall–Kier alpha value is -1.87. The normalized spacial score (nSPS) is 17.4. The van der Waals surface area contributed by atoms with Crippen molar-refractivity contribution >= 4 is 21.9 Å². The Labute approximate surface area is 147 Å². The third-order valence-corrected chi connectivity index (χ3v) is 6.40. The van der Waals surface area contributed by atoms with Gasteiger partial charge in [-0.05, 0) is 19.8 Å². The summed E-state index contributed by atoms with van der Waals surface area (Å²) in [6.45, 7) is 1.51. The molecule has 1 amide bonds. The Balaban J connectivity index is 2.16. The molecule has 1 saturated carbocycles. The second-order valence-electron chi connectivity index (χ2n) is 6.65. The van der Waals surface area contributed by atoms with Crippen molar-refractivity contribution in [3.63, 3.8) is 0 Å². The third kappa shape index (κ3) is 3.87. The Morgan fingerprint density at radius 2 is 1.88 bits per heavy atom. The van der Waals surface area contributed by atoms with E-state index in [1.54, 1.807) is 0 Å². The average molecular weight is 372 g/mol. The van der Waals surface area contributed by atoms with E-state index < -0.39 is 27.3 Å². The van der Waals surface area contributed by atoms with Crippen LogP contribution >= 0.6 is 0 Å². The van der Waals surface area contributed by atoms with E-state index in [1.807, 2.05) is 0 Å². The van der Waals surface area contributed by atoms with Crippen LogP contribution < -0.4 is 5.32 Å². The average Bonchev–Trinajstić information content (AvgIpc) is 2.96. The largest absolute Gasteiger partial charge is 0.481 e. The summed E-state index contributed by atoms with van der Waals surface area (Å²) in [6.07, 6.45) is 3.67. The fraction of sp³-hybridized carbons (Fsp3) is 0.625. The van der Waals surface area contributed by atoms with Gasteiger partial charge in [-0.2, -0.15) is 0 Å². The van der Waals surface area contributed by atoms with Gasteiger partial charge in [0.2, 0.25) is 5.09 Å². The van der Waals surface area contributed by atoms with Gasteiger partial charge in [-0.1, -0.05) is 19.3 Å². The molecule has 9 heteroatoms. The van der Waals surface area contributed by atoms with Crippen LogP contribution in [0.15, 0.2) is 15.6 Å². The van der Waals surface area contributed by atoms with Gasteiger partial charge < -0.3 is 14.8 Å². The molecule has 1 aromatic rings. The maximum atomic E-state index is 12.4. The highest BCUT2D eigenvalue weighted by Gasteiger charge is 2.40. The van der Waals surface area contributed by atoms with Gasteiger partial charge in [0.1, 0.15) is 5.76 Å². The van der Waals surface area contributed by atoms with Crippen molar-refractivity contribution in [2.75, 3.05) is 20.6 Å². The summed E-state index contributed by atoms with van der Waals surface area (Å²) in [7, 11) is -1.05. The molecule has 140 valence electrons. The fourth-order valence-electron chi connectivity index (χ4n) is 3.03. The monoisotopic (exact) mass is 372 g/mol. The highest BCUT2D eigenvalue weighted by Crippen LogP contribution is 2.36. The summed E-state index contributed by atoms with van der Waals surface area (Å²) in [4.78, 5) is 24.1. The number of aliphatic carboxylic acids is 1. The van der Waals surface area contributed by atoms with E-state index in [-0.39, 0.29) is 23.0 Å². The first-order valence-corrected chi connectivity index (χ1v) is 9.59. The Morgan fingerprint density at radius 1 is 1.28 bits per heavy atom. The molecule has 0 unspecified atom stereocenters. The molecule has 0 aromatic carbocycles. The van der Waals surface area contributed by atoms with Crippen molar-refractivity contribution in [2.45, 2.75) is 44.1 Å². The lowest BCUT2D eigenvalue weighted by Gasteiger charge is -2.33. The van der Waals surface area contributed by atoms with Gasteiger partial charge in [-0.3, -0.25) is 9.59 Å². The molecule has 2 rings (SSSR count). The zero-order valence-corrected chi connectivity index (χ0v) is 15.5. The molecule has 1 fully saturated rings. The maximum Gasteiger partial charge on any atom is 0.311 e. The van der Waals surface area contributed by atoms with E-state index in [1.165, 1.54) is 27.1 Å². The molecule has 1 aliphatic carbocycles. The molecule has 0 aliphatic heterocycles. The number of hydrogen-bond acceptors (Lipinski definition) is 5. The minimum atomic E-state index is -3.78. The van der Waals surface area contributed by atoms with Crippen LogP contribution in [0.3, 0.4) is 0 Å². The first kappa shape index (κ1) is 19.5. The van der Waals surface area contributed by atoms with Crippen molar-refractivity contribution in [3.8, 4) is 0 Å². The van der Waals surface area contributed by atoms with Crippen LogP contribution in [0.1, 0.15) is 48.2 Å². The number of aryl methyl sites for hydroxylation is 1. The molecule has 0 spiro atoms. The van der Waals surface area contributed by atoms with Gasteiger partial charge >= 0.3 is 5.97 Å². The first-order valence-electron chi connectivity index (χ1n) is 8.15. The zero-order chi connectivity index (χ0) is 18.8. The van der Waals surface area contributed by atoms with Crippen LogP contribution in [0, 0.1) is 12.3 Å². The number of carboxylic acids is 1. The predicted molar refractivity (Wildman–Crippen MR) is 89.8 cm³/mol. The van der Waals surface area contributed by atoms with Gasteiger partial charge in [0, 0.05) is 26.7 Å². The lowest BCUT2D eigenvalue weighted by atomic mass is 9.74. The molecule has 0 radical (unpaired) electrons. The highest BCUT2D eigenvalue weighted by molar-refractivity contribution is 7.88. The number of furan rings is 1. The molecule has 8 nitrogen and oxygen atoms in total. The number of nitrogens with one attached hydrogen (secondary N) is 1. The molecule has 0 atom stereocenters. The van der Waals surface area contributed by atoms with Crippen LogP contribution in [0.25, 0.3) is 0 Å². The second-order valence-corrected chi connectivity index (χ2v) is 8.73. The van der Waals surface area contributed by atoms with Crippen LogP contribution in [0.4, 0.5) is 0 Å². The van der Waals surface area contributed by atoms with Gasteiger partial charge in [-0.25, -0.2) is 12.7 Å². The number of carbonyl (C=O) groups excluding carboxylic acids is 1. The summed E-state index contributed by atoms with van der Waals surface area (Å²) >= 11 is 0. The van der Waals surface area contributed by atoms with Crippen molar-refractivity contribution in [2.24, 2.45) is 5.41 Å². The predicted octanol–water partition coefficient (Wildman–Crippen LogP) is 1.60. The molecule has 25 heavy (non-hydrogen) atoms. The van der Waals surface area contributed by atoms with Crippen LogP contribution in [-0.4, -0.2) is 50.3 Å². The highest BCUT2D eigenvalue weighted by atomic mass is 32.2. The number of sulfonamides is 1. The maximum absolute atomic E-state index is 12.4. The van der Waals surface area contributed by atoms with E-state index in [4.69, 9.17) is 4.42 Å². The third-order valence-electron chi connectivity index (χ3n) is 4.73. The molecule has 2 N–H and O–H groups in total. The van der Waals surface area contributed by atoms with Crippen molar-refractivity contribution in [3.05, 3.63) is 17.4 Å². The van der Waals surface area contributed by atoms with Crippen LogP contribution in [0.2, 0.25) is 0 Å². The topological polar surface area (TPSA) is 117 Å². The summed E-state index contributed by atoms with van der Waals surface area (Å²) in [5, 5.41) is 11.9. The molecule has 1 heterocycles. The fourth-order valence-corrected chi connectivity index (χ4v) is 3.88. The minimum absolute atomic E-state index is 0.0154. The van der Waals surface area contributed by atoms with E-state index in [9.17, 15) is 23.1 Å².